The fourth-order valence-corrected chi connectivity index (χ4v) is 2.67. The van der Waals surface area contributed by atoms with Crippen LogP contribution in [0.2, 0.25) is 5.02 Å². The molecular weight excluding hydrogens is 407 g/mol. The van der Waals surface area contributed by atoms with Crippen LogP contribution in [0.1, 0.15) is 10.7 Å². The van der Waals surface area contributed by atoms with Gasteiger partial charge in [0, 0.05) is 10.4 Å². The van der Waals surface area contributed by atoms with E-state index in [0.717, 1.165) is 0 Å². The van der Waals surface area contributed by atoms with Crippen LogP contribution in [-0.4, -0.2) is 36.1 Å². The van der Waals surface area contributed by atoms with Gasteiger partial charge in [0.2, 0.25) is 11.8 Å². The third kappa shape index (κ3) is 8.27. The second kappa shape index (κ2) is 9.56. The molecule has 1 aromatic heterocycles. The zero-order chi connectivity index (χ0) is 19.9. The van der Waals surface area contributed by atoms with Gasteiger partial charge >= 0.3 is 6.18 Å². The molecule has 0 aliphatic carbocycles. The third-order valence-corrected chi connectivity index (χ3v) is 4.17. The summed E-state index contributed by atoms with van der Waals surface area (Å²) in [6, 6.07) is 6.82. The molecule has 0 aliphatic rings. The molecule has 0 aliphatic heterocycles. The van der Waals surface area contributed by atoms with Crippen LogP contribution in [0.4, 0.5) is 13.2 Å². The number of rotatable bonds is 8. The minimum atomic E-state index is -4.50. The molecule has 0 fully saturated rings. The monoisotopic (exact) mass is 421 g/mol. The number of hydrogen-bond acceptors (Lipinski definition) is 5. The lowest BCUT2D eigenvalue weighted by Gasteiger charge is -2.08. The summed E-state index contributed by atoms with van der Waals surface area (Å²) >= 11 is 7.09. The number of thiazole rings is 1. The molecule has 1 heterocycles. The van der Waals surface area contributed by atoms with E-state index in [1.54, 1.807) is 35.0 Å². The van der Waals surface area contributed by atoms with Crippen molar-refractivity contribution < 1.29 is 27.5 Å². The van der Waals surface area contributed by atoms with Crippen molar-refractivity contribution in [3.8, 4) is 5.75 Å². The lowest BCUT2D eigenvalue weighted by molar-refractivity contribution is -0.138. The maximum Gasteiger partial charge on any atom is 0.405 e. The van der Waals surface area contributed by atoms with Gasteiger partial charge in [0.15, 0.2) is 0 Å². The minimum Gasteiger partial charge on any atom is -0.486 e. The van der Waals surface area contributed by atoms with Crippen molar-refractivity contribution in [1.82, 2.24) is 15.6 Å². The average Bonchev–Trinajstić information content (AvgIpc) is 3.04. The van der Waals surface area contributed by atoms with E-state index in [1.165, 1.54) is 11.3 Å². The summed E-state index contributed by atoms with van der Waals surface area (Å²) in [4.78, 5) is 27.2. The number of aromatic nitrogens is 1. The Morgan fingerprint density at radius 1 is 1.15 bits per heavy atom. The second-order valence-electron chi connectivity index (χ2n) is 5.32. The van der Waals surface area contributed by atoms with Crippen LogP contribution >= 0.6 is 22.9 Å². The molecule has 2 aromatic rings. The fourth-order valence-electron chi connectivity index (χ4n) is 1.84. The first-order valence-electron chi connectivity index (χ1n) is 7.63. The van der Waals surface area contributed by atoms with Gasteiger partial charge in [-0.25, -0.2) is 4.98 Å². The van der Waals surface area contributed by atoms with Crippen LogP contribution in [0.3, 0.4) is 0 Å². The predicted molar refractivity (Wildman–Crippen MR) is 93.7 cm³/mol. The number of nitrogens with zero attached hydrogens (tertiary/aromatic N) is 1. The number of amides is 2. The average molecular weight is 422 g/mol. The lowest BCUT2D eigenvalue weighted by atomic mass is 10.3. The van der Waals surface area contributed by atoms with Crippen molar-refractivity contribution in [1.29, 1.82) is 0 Å². The normalized spacial score (nSPS) is 11.1. The van der Waals surface area contributed by atoms with Crippen LogP contribution in [0.15, 0.2) is 29.6 Å². The number of benzene rings is 1. The van der Waals surface area contributed by atoms with Crippen LogP contribution < -0.4 is 15.4 Å². The smallest absolute Gasteiger partial charge is 0.405 e. The van der Waals surface area contributed by atoms with Crippen molar-refractivity contribution in [2.75, 3.05) is 13.1 Å². The molecule has 0 unspecified atom stereocenters. The Morgan fingerprint density at radius 3 is 2.52 bits per heavy atom. The van der Waals surface area contributed by atoms with Gasteiger partial charge in [-0.3, -0.25) is 9.59 Å². The highest BCUT2D eigenvalue weighted by molar-refractivity contribution is 7.09. The summed E-state index contributed by atoms with van der Waals surface area (Å²) in [7, 11) is 0. The molecule has 11 heteroatoms. The van der Waals surface area contributed by atoms with Gasteiger partial charge in [-0.15, -0.1) is 11.3 Å². The Kier molecular flexibility index (Phi) is 7.43. The maximum absolute atomic E-state index is 12.0. The Labute approximate surface area is 161 Å². The van der Waals surface area contributed by atoms with Crippen LogP contribution in [0.5, 0.6) is 5.75 Å². The third-order valence-electron chi connectivity index (χ3n) is 3.05. The molecule has 0 atom stereocenters. The molecule has 1 aromatic carbocycles. The first-order valence-corrected chi connectivity index (χ1v) is 8.89. The highest BCUT2D eigenvalue weighted by atomic mass is 35.5. The molecule has 0 bridgehead atoms. The van der Waals surface area contributed by atoms with E-state index in [4.69, 9.17) is 16.3 Å². The van der Waals surface area contributed by atoms with E-state index < -0.39 is 31.1 Å². The van der Waals surface area contributed by atoms with E-state index in [1.807, 2.05) is 0 Å². The van der Waals surface area contributed by atoms with Crippen LogP contribution in [-0.2, 0) is 22.6 Å². The predicted octanol–water partition coefficient (Wildman–Crippen LogP) is 2.71. The molecule has 0 saturated heterocycles. The Morgan fingerprint density at radius 2 is 1.85 bits per heavy atom. The maximum atomic E-state index is 12.0. The molecule has 2 rings (SSSR count). The molecule has 0 saturated carbocycles. The van der Waals surface area contributed by atoms with E-state index in [9.17, 15) is 22.8 Å². The molecule has 2 amide bonds. The summed E-state index contributed by atoms with van der Waals surface area (Å²) in [5.74, 6) is -0.817. The Balaban J connectivity index is 1.72. The molecule has 0 radical (unpaired) electrons. The van der Waals surface area contributed by atoms with Crippen molar-refractivity contribution in [3.05, 3.63) is 45.4 Å². The summed E-state index contributed by atoms with van der Waals surface area (Å²) in [5.41, 5.74) is 0.475. The number of nitrogens with one attached hydrogen (secondary N) is 2. The van der Waals surface area contributed by atoms with Gasteiger partial charge in [-0.1, -0.05) is 11.6 Å². The number of halogens is 4. The van der Waals surface area contributed by atoms with E-state index >= 15 is 0 Å². The molecule has 2 N–H and O–H groups in total. The zero-order valence-corrected chi connectivity index (χ0v) is 15.4. The molecule has 0 spiro atoms. The number of carbonyl (C=O) groups is 2. The zero-order valence-electron chi connectivity index (χ0n) is 13.8. The summed E-state index contributed by atoms with van der Waals surface area (Å²) in [6.07, 6.45) is -4.59. The van der Waals surface area contributed by atoms with Crippen molar-refractivity contribution in [2.24, 2.45) is 0 Å². The van der Waals surface area contributed by atoms with Gasteiger partial charge in [0.25, 0.3) is 0 Å². The number of carbonyl (C=O) groups excluding carboxylic acids is 2. The van der Waals surface area contributed by atoms with Crippen molar-refractivity contribution in [2.45, 2.75) is 19.2 Å². The quantitative estimate of drug-likeness (QED) is 0.686. The lowest BCUT2D eigenvalue weighted by Crippen LogP contribution is -2.41. The molecule has 6 nitrogen and oxygen atoms in total. The van der Waals surface area contributed by atoms with Crippen LogP contribution in [0, 0.1) is 0 Å². The fraction of sp³-hybridized carbons (Fsp3) is 0.312. The van der Waals surface area contributed by atoms with Gasteiger partial charge in [-0.2, -0.15) is 13.2 Å². The summed E-state index contributed by atoms with van der Waals surface area (Å²) < 4.78 is 41.4. The van der Waals surface area contributed by atoms with Gasteiger partial charge in [0.05, 0.1) is 18.7 Å². The molecule has 27 heavy (non-hydrogen) atoms. The Bertz CT molecular complexity index is 781. The summed E-state index contributed by atoms with van der Waals surface area (Å²) in [6.45, 7) is -1.76. The number of alkyl halides is 3. The first kappa shape index (κ1) is 21.0. The first-order chi connectivity index (χ1) is 12.7. The van der Waals surface area contributed by atoms with Crippen molar-refractivity contribution >= 4 is 34.8 Å². The molecule has 146 valence electrons. The van der Waals surface area contributed by atoms with Gasteiger partial charge in [-0.05, 0) is 24.3 Å². The minimum absolute atomic E-state index is 0.0933. The largest absolute Gasteiger partial charge is 0.486 e. The number of hydrogen-bond donors (Lipinski definition) is 2. The summed E-state index contributed by atoms with van der Waals surface area (Å²) in [5, 5.41) is 6.82. The number of ether oxygens (including phenoxy) is 1. The topological polar surface area (TPSA) is 80.3 Å². The van der Waals surface area contributed by atoms with E-state index in [-0.39, 0.29) is 13.0 Å². The highest BCUT2D eigenvalue weighted by Gasteiger charge is 2.27. The van der Waals surface area contributed by atoms with Crippen LogP contribution in [0.25, 0.3) is 0 Å². The SMILES string of the molecule is O=C(CNC(=O)Cc1csc(COc2ccc(Cl)cc2)n1)NCC(F)(F)F. The van der Waals surface area contributed by atoms with E-state index in [2.05, 4.69) is 10.3 Å². The van der Waals surface area contributed by atoms with E-state index in [0.29, 0.717) is 21.5 Å². The van der Waals surface area contributed by atoms with Gasteiger partial charge in [0.1, 0.15) is 23.9 Å². The van der Waals surface area contributed by atoms with Crippen molar-refractivity contribution in [3.63, 3.8) is 0 Å². The Hall–Kier alpha value is -2.33. The highest BCUT2D eigenvalue weighted by Crippen LogP contribution is 2.18. The van der Waals surface area contributed by atoms with Gasteiger partial charge < -0.3 is 15.4 Å². The second-order valence-corrected chi connectivity index (χ2v) is 6.70. The molecular formula is C16H15ClF3N3O3S. The standard InChI is InChI=1S/C16H15ClF3N3O3S/c17-10-1-3-12(4-2-10)26-7-15-23-11(8-27-15)5-13(24)21-6-14(25)22-9-16(18,19)20/h1-4,8H,5-7,9H2,(H,21,24)(H,22,25).